The Balaban J connectivity index is 1.89. The van der Waals surface area contributed by atoms with Crippen molar-refractivity contribution in [2.75, 3.05) is 37.6 Å². The smallest absolute Gasteiger partial charge is 0.253 e. The monoisotopic (exact) mass is 435 g/mol. The highest BCUT2D eigenvalue weighted by Crippen LogP contribution is 2.36. The van der Waals surface area contributed by atoms with Crippen LogP contribution in [0.4, 0.5) is 5.69 Å². The van der Waals surface area contributed by atoms with E-state index in [1.54, 1.807) is 6.07 Å². The number of carbonyl (C=O) groups is 1. The zero-order chi connectivity index (χ0) is 23.3. The van der Waals surface area contributed by atoms with E-state index < -0.39 is 0 Å². The first-order chi connectivity index (χ1) is 15.4. The summed E-state index contributed by atoms with van der Waals surface area (Å²) in [4.78, 5) is 19.4. The Bertz CT molecular complexity index is 938. The number of piperazine rings is 1. The standard InChI is InChI=1S/C27H37N3O2/c1-6-15-29-18-21(5)30(19-20(29)4)26-23(12-10-14-25(26)31)16-22-11-9-13-24(17-22)27(32)28(7-2)8-3/h6,9-14,17,20-21,31H,1,7-8,15-16,18-19H2,2-5H3/t20-,21+/m0/s1. The average Bonchev–Trinajstić information content (AvgIpc) is 2.78. The number of hydrogen-bond acceptors (Lipinski definition) is 4. The van der Waals surface area contributed by atoms with Crippen LogP contribution in [0.2, 0.25) is 0 Å². The number of amides is 1. The summed E-state index contributed by atoms with van der Waals surface area (Å²) in [7, 11) is 0. The van der Waals surface area contributed by atoms with E-state index in [1.807, 2.05) is 49.1 Å². The average molecular weight is 436 g/mol. The molecular weight excluding hydrogens is 398 g/mol. The Morgan fingerprint density at radius 3 is 2.53 bits per heavy atom. The molecule has 2 aromatic carbocycles. The Kier molecular flexibility index (Phi) is 7.97. The van der Waals surface area contributed by atoms with Gasteiger partial charge in [-0.1, -0.05) is 30.3 Å². The summed E-state index contributed by atoms with van der Waals surface area (Å²) in [5.41, 5.74) is 3.77. The predicted molar refractivity (Wildman–Crippen MR) is 133 cm³/mol. The normalized spacial score (nSPS) is 19.1. The second-order valence-electron chi connectivity index (χ2n) is 8.73. The molecule has 1 N–H and O–H groups in total. The molecule has 0 saturated carbocycles. The molecule has 3 rings (SSSR count). The zero-order valence-electron chi connectivity index (χ0n) is 19.9. The van der Waals surface area contributed by atoms with Crippen molar-refractivity contribution in [1.82, 2.24) is 9.80 Å². The summed E-state index contributed by atoms with van der Waals surface area (Å²) in [6.45, 7) is 16.4. The molecule has 0 unspecified atom stereocenters. The first-order valence-electron chi connectivity index (χ1n) is 11.7. The number of hydrogen-bond donors (Lipinski definition) is 1. The molecule has 0 aliphatic carbocycles. The van der Waals surface area contributed by atoms with E-state index in [-0.39, 0.29) is 11.9 Å². The highest BCUT2D eigenvalue weighted by molar-refractivity contribution is 5.94. The molecule has 1 heterocycles. The molecule has 5 heteroatoms. The molecule has 1 aliphatic heterocycles. The lowest BCUT2D eigenvalue weighted by atomic mass is 9.98. The lowest BCUT2D eigenvalue weighted by molar-refractivity contribution is 0.0773. The van der Waals surface area contributed by atoms with Crippen LogP contribution < -0.4 is 4.90 Å². The molecule has 0 aromatic heterocycles. The fraction of sp³-hybridized carbons (Fsp3) is 0.444. The van der Waals surface area contributed by atoms with E-state index in [1.165, 1.54) is 0 Å². The maximum Gasteiger partial charge on any atom is 0.253 e. The summed E-state index contributed by atoms with van der Waals surface area (Å²) in [6.07, 6.45) is 2.62. The summed E-state index contributed by atoms with van der Waals surface area (Å²) in [5.74, 6) is 0.378. The van der Waals surface area contributed by atoms with Crippen LogP contribution >= 0.6 is 0 Å². The highest BCUT2D eigenvalue weighted by Gasteiger charge is 2.31. The number of carbonyl (C=O) groups excluding carboxylic acids is 1. The van der Waals surface area contributed by atoms with Gasteiger partial charge in [0.25, 0.3) is 5.91 Å². The van der Waals surface area contributed by atoms with Gasteiger partial charge in [0.2, 0.25) is 0 Å². The molecule has 0 spiro atoms. The summed E-state index contributed by atoms with van der Waals surface area (Å²) in [5, 5.41) is 10.8. The first kappa shape index (κ1) is 23.9. The van der Waals surface area contributed by atoms with Crippen LogP contribution in [0, 0.1) is 0 Å². The maximum absolute atomic E-state index is 12.8. The van der Waals surface area contributed by atoms with Crippen LogP contribution in [0.5, 0.6) is 5.75 Å². The molecule has 2 aromatic rings. The van der Waals surface area contributed by atoms with E-state index in [4.69, 9.17) is 0 Å². The number of anilines is 1. The van der Waals surface area contributed by atoms with Gasteiger partial charge in [0.05, 0.1) is 5.69 Å². The van der Waals surface area contributed by atoms with Crippen molar-refractivity contribution < 1.29 is 9.90 Å². The molecule has 1 saturated heterocycles. The van der Waals surface area contributed by atoms with Gasteiger partial charge in [-0.05, 0) is 63.4 Å². The Labute approximate surface area is 193 Å². The Morgan fingerprint density at radius 1 is 1.12 bits per heavy atom. The van der Waals surface area contributed by atoms with Crippen molar-refractivity contribution in [3.8, 4) is 5.75 Å². The van der Waals surface area contributed by atoms with Crippen molar-refractivity contribution in [2.24, 2.45) is 0 Å². The molecule has 1 amide bonds. The fourth-order valence-electron chi connectivity index (χ4n) is 4.71. The number of para-hydroxylation sites is 1. The minimum atomic E-state index is 0.0637. The number of aromatic hydroxyl groups is 1. The molecular formula is C27H37N3O2. The van der Waals surface area contributed by atoms with Gasteiger partial charge in [-0.3, -0.25) is 9.69 Å². The second kappa shape index (κ2) is 10.7. The van der Waals surface area contributed by atoms with E-state index in [0.29, 0.717) is 36.9 Å². The van der Waals surface area contributed by atoms with Crippen LogP contribution in [0.15, 0.2) is 55.1 Å². The second-order valence-corrected chi connectivity index (χ2v) is 8.73. The van der Waals surface area contributed by atoms with Crippen LogP contribution in [0.1, 0.15) is 49.2 Å². The quantitative estimate of drug-likeness (QED) is 0.618. The molecule has 5 nitrogen and oxygen atoms in total. The zero-order valence-corrected chi connectivity index (χ0v) is 19.9. The predicted octanol–water partition coefficient (Wildman–Crippen LogP) is 4.55. The molecule has 0 bridgehead atoms. The van der Waals surface area contributed by atoms with Gasteiger partial charge in [0.15, 0.2) is 0 Å². The van der Waals surface area contributed by atoms with Crippen LogP contribution in [0.25, 0.3) is 0 Å². The summed E-state index contributed by atoms with van der Waals surface area (Å²) >= 11 is 0. The summed E-state index contributed by atoms with van der Waals surface area (Å²) < 4.78 is 0. The van der Waals surface area contributed by atoms with Gasteiger partial charge in [-0.25, -0.2) is 0 Å². The van der Waals surface area contributed by atoms with Gasteiger partial charge in [0, 0.05) is 50.4 Å². The number of phenols is 1. The van der Waals surface area contributed by atoms with Crippen molar-refractivity contribution >= 4 is 11.6 Å². The molecule has 2 atom stereocenters. The molecule has 0 radical (unpaired) electrons. The minimum absolute atomic E-state index is 0.0637. The fourth-order valence-corrected chi connectivity index (χ4v) is 4.71. The SMILES string of the molecule is C=CCN1C[C@@H](C)N(c2c(O)cccc2Cc2cccc(C(=O)N(CC)CC)c2)C[C@@H]1C. The first-order valence-corrected chi connectivity index (χ1v) is 11.7. The van der Waals surface area contributed by atoms with E-state index in [0.717, 1.165) is 36.4 Å². The Morgan fingerprint density at radius 2 is 1.84 bits per heavy atom. The molecule has 1 fully saturated rings. The minimum Gasteiger partial charge on any atom is -0.506 e. The van der Waals surface area contributed by atoms with Crippen molar-refractivity contribution in [1.29, 1.82) is 0 Å². The molecule has 1 aliphatic rings. The molecule has 32 heavy (non-hydrogen) atoms. The largest absolute Gasteiger partial charge is 0.506 e. The van der Waals surface area contributed by atoms with Crippen LogP contribution in [-0.4, -0.2) is 65.6 Å². The number of benzene rings is 2. The number of rotatable bonds is 8. The van der Waals surface area contributed by atoms with Gasteiger partial charge < -0.3 is 14.9 Å². The maximum atomic E-state index is 12.8. The van der Waals surface area contributed by atoms with Crippen molar-refractivity contribution in [3.63, 3.8) is 0 Å². The van der Waals surface area contributed by atoms with E-state index in [9.17, 15) is 9.90 Å². The summed E-state index contributed by atoms with van der Waals surface area (Å²) in [6, 6.07) is 14.3. The Hall–Kier alpha value is -2.79. The number of phenolic OH excluding ortho intramolecular Hbond substituents is 1. The van der Waals surface area contributed by atoms with E-state index >= 15 is 0 Å². The van der Waals surface area contributed by atoms with Crippen LogP contribution in [0.3, 0.4) is 0 Å². The van der Waals surface area contributed by atoms with Crippen molar-refractivity contribution in [2.45, 2.75) is 46.2 Å². The third-order valence-electron chi connectivity index (χ3n) is 6.48. The van der Waals surface area contributed by atoms with Gasteiger partial charge >= 0.3 is 0 Å². The topological polar surface area (TPSA) is 47.0 Å². The third-order valence-corrected chi connectivity index (χ3v) is 6.48. The lowest BCUT2D eigenvalue weighted by Gasteiger charge is -2.45. The van der Waals surface area contributed by atoms with Gasteiger partial charge in [-0.15, -0.1) is 6.58 Å². The van der Waals surface area contributed by atoms with Crippen LogP contribution in [-0.2, 0) is 6.42 Å². The number of nitrogens with zero attached hydrogens (tertiary/aromatic N) is 3. The highest BCUT2D eigenvalue weighted by atomic mass is 16.3. The van der Waals surface area contributed by atoms with Gasteiger partial charge in [-0.2, -0.15) is 0 Å². The lowest BCUT2D eigenvalue weighted by Crippen LogP contribution is -2.56. The van der Waals surface area contributed by atoms with Crippen molar-refractivity contribution in [3.05, 3.63) is 71.8 Å². The van der Waals surface area contributed by atoms with E-state index in [2.05, 4.69) is 42.4 Å². The molecule has 172 valence electrons. The third kappa shape index (κ3) is 5.16. The van der Waals surface area contributed by atoms with Gasteiger partial charge in [0.1, 0.15) is 5.75 Å².